The third-order valence-electron chi connectivity index (χ3n) is 5.52. The van der Waals surface area contributed by atoms with E-state index in [-0.39, 0.29) is 6.04 Å². The monoisotopic (exact) mass is 425 g/mol. The Bertz CT molecular complexity index is 995. The van der Waals surface area contributed by atoms with Crippen molar-refractivity contribution in [3.05, 3.63) is 46.8 Å². The molecule has 1 unspecified atom stereocenters. The normalized spacial score (nSPS) is 20.3. The van der Waals surface area contributed by atoms with E-state index in [1.807, 2.05) is 26.1 Å². The lowest BCUT2D eigenvalue weighted by Gasteiger charge is -2.23. The third-order valence-corrected chi connectivity index (χ3v) is 6.29. The minimum atomic E-state index is 0.219. The first-order valence-corrected chi connectivity index (χ1v) is 10.9. The van der Waals surface area contributed by atoms with Crippen LogP contribution in [0.4, 0.5) is 0 Å². The lowest BCUT2D eigenvalue weighted by molar-refractivity contribution is 0.288. The zero-order chi connectivity index (χ0) is 21.3. The first kappa shape index (κ1) is 20.6. The molecule has 3 N–H and O–H groups in total. The Balaban J connectivity index is 1.66. The second-order valence-electron chi connectivity index (χ2n) is 7.51. The number of pyridine rings is 1. The number of rotatable bonds is 7. The molecule has 0 aromatic carbocycles. The largest absolute Gasteiger partial charge is 0.496 e. The van der Waals surface area contributed by atoms with Crippen molar-refractivity contribution in [3.8, 4) is 5.75 Å². The SMILES string of the molecule is C=CCCNC1CC2=NN(Cc3ncc(C)c(OC)c3C)N=C3C(N)=NSCC1=C23. The van der Waals surface area contributed by atoms with Crippen LogP contribution in [0.15, 0.2) is 44.6 Å². The topological polar surface area (TPSA) is 100 Å². The summed E-state index contributed by atoms with van der Waals surface area (Å²) in [7, 11) is 1.68. The summed E-state index contributed by atoms with van der Waals surface area (Å²) < 4.78 is 9.97. The van der Waals surface area contributed by atoms with Crippen LogP contribution in [0.2, 0.25) is 0 Å². The molecule has 0 radical (unpaired) electrons. The molecule has 0 saturated heterocycles. The van der Waals surface area contributed by atoms with E-state index in [1.54, 1.807) is 12.2 Å². The molecular formula is C21H27N7OS. The van der Waals surface area contributed by atoms with Gasteiger partial charge in [-0.2, -0.15) is 19.7 Å². The van der Waals surface area contributed by atoms with Crippen molar-refractivity contribution >= 4 is 29.2 Å². The highest BCUT2D eigenvalue weighted by Crippen LogP contribution is 2.34. The number of methoxy groups -OCH3 is 1. The van der Waals surface area contributed by atoms with Crippen molar-refractivity contribution in [1.29, 1.82) is 0 Å². The van der Waals surface area contributed by atoms with Gasteiger partial charge in [0.25, 0.3) is 0 Å². The average molecular weight is 426 g/mol. The van der Waals surface area contributed by atoms with Crippen molar-refractivity contribution in [3.63, 3.8) is 0 Å². The highest BCUT2D eigenvalue weighted by Gasteiger charge is 2.38. The van der Waals surface area contributed by atoms with Crippen LogP contribution in [-0.2, 0) is 6.54 Å². The van der Waals surface area contributed by atoms with Crippen molar-refractivity contribution in [2.75, 3.05) is 19.4 Å². The molecule has 3 aliphatic rings. The second-order valence-corrected chi connectivity index (χ2v) is 8.24. The number of nitrogens with zero attached hydrogens (tertiary/aromatic N) is 5. The number of hydrazone groups is 2. The summed E-state index contributed by atoms with van der Waals surface area (Å²) in [5.41, 5.74) is 13.2. The molecule has 0 amide bonds. The molecule has 2 aliphatic heterocycles. The van der Waals surface area contributed by atoms with E-state index >= 15 is 0 Å². The Morgan fingerprint density at radius 3 is 3.00 bits per heavy atom. The minimum absolute atomic E-state index is 0.219. The van der Waals surface area contributed by atoms with Gasteiger partial charge >= 0.3 is 0 Å². The maximum Gasteiger partial charge on any atom is 0.160 e. The van der Waals surface area contributed by atoms with Gasteiger partial charge in [-0.15, -0.1) is 6.58 Å². The summed E-state index contributed by atoms with van der Waals surface area (Å²) >= 11 is 1.47. The Kier molecular flexibility index (Phi) is 5.92. The molecule has 1 aromatic heterocycles. The minimum Gasteiger partial charge on any atom is -0.496 e. The molecule has 30 heavy (non-hydrogen) atoms. The fourth-order valence-corrected chi connectivity index (χ4v) is 4.82. The highest BCUT2D eigenvalue weighted by atomic mass is 32.2. The Hall–Kier alpha value is -2.65. The first-order chi connectivity index (χ1) is 14.5. The zero-order valence-electron chi connectivity index (χ0n) is 17.6. The zero-order valence-corrected chi connectivity index (χ0v) is 18.4. The van der Waals surface area contributed by atoms with Gasteiger partial charge in [-0.1, -0.05) is 6.08 Å². The Morgan fingerprint density at radius 2 is 2.23 bits per heavy atom. The van der Waals surface area contributed by atoms with E-state index in [0.29, 0.717) is 18.1 Å². The summed E-state index contributed by atoms with van der Waals surface area (Å²) in [6.45, 7) is 9.11. The molecule has 8 nitrogen and oxygen atoms in total. The van der Waals surface area contributed by atoms with Crippen LogP contribution < -0.4 is 15.8 Å². The van der Waals surface area contributed by atoms with Gasteiger partial charge in [0.1, 0.15) is 18.0 Å². The molecular weight excluding hydrogens is 398 g/mol. The van der Waals surface area contributed by atoms with E-state index in [1.165, 1.54) is 17.5 Å². The van der Waals surface area contributed by atoms with E-state index in [4.69, 9.17) is 20.7 Å². The lowest BCUT2D eigenvalue weighted by Crippen LogP contribution is -2.34. The maximum atomic E-state index is 6.27. The molecule has 0 spiro atoms. The molecule has 1 aromatic rings. The molecule has 158 valence electrons. The lowest BCUT2D eigenvalue weighted by atomic mass is 10.0. The molecule has 1 atom stereocenters. The molecule has 0 bridgehead atoms. The standard InChI is InChI=1S/C21H27N7OS/c1-5-6-7-23-15-8-16-18-14(15)11-30-27-21(22)19(18)26-28(25-16)10-17-13(3)20(29-4)12(2)9-24-17/h5,9,15,23H,1,6-8,10-11H2,2-4H3,(H2,22,27). The van der Waals surface area contributed by atoms with Crippen molar-refractivity contribution in [2.24, 2.45) is 20.3 Å². The van der Waals surface area contributed by atoms with Gasteiger partial charge in [-0.25, -0.2) is 0 Å². The van der Waals surface area contributed by atoms with Gasteiger partial charge in [0.15, 0.2) is 5.84 Å². The van der Waals surface area contributed by atoms with Crippen molar-refractivity contribution < 1.29 is 4.74 Å². The van der Waals surface area contributed by atoms with Gasteiger partial charge in [-0.05, 0) is 44.3 Å². The summed E-state index contributed by atoms with van der Waals surface area (Å²) in [5, 5.41) is 14.9. The number of nitrogens with two attached hydrogens (primary N) is 1. The smallest absolute Gasteiger partial charge is 0.160 e. The fourth-order valence-electron chi connectivity index (χ4n) is 4.04. The Labute approximate surface area is 181 Å². The van der Waals surface area contributed by atoms with Gasteiger partial charge in [0.05, 0.1) is 18.5 Å². The fraction of sp³-hybridized carbons (Fsp3) is 0.429. The van der Waals surface area contributed by atoms with Crippen LogP contribution in [0.1, 0.15) is 29.7 Å². The first-order valence-electron chi connectivity index (χ1n) is 10.00. The highest BCUT2D eigenvalue weighted by molar-refractivity contribution is 7.98. The molecule has 0 fully saturated rings. The number of ether oxygens (including phenoxy) is 1. The van der Waals surface area contributed by atoms with Gasteiger partial charge in [0, 0.05) is 41.1 Å². The van der Waals surface area contributed by atoms with Crippen LogP contribution in [0, 0.1) is 13.8 Å². The van der Waals surface area contributed by atoms with E-state index < -0.39 is 0 Å². The van der Waals surface area contributed by atoms with Crippen LogP contribution in [0.5, 0.6) is 5.75 Å². The number of hydrogen-bond donors (Lipinski definition) is 2. The number of hydrogen-bond acceptors (Lipinski definition) is 9. The quantitative estimate of drug-likeness (QED) is 0.395. The molecule has 9 heteroatoms. The molecule has 4 rings (SSSR count). The van der Waals surface area contributed by atoms with E-state index in [9.17, 15) is 0 Å². The summed E-state index contributed by atoms with van der Waals surface area (Å²) in [6, 6.07) is 0.219. The van der Waals surface area contributed by atoms with Crippen LogP contribution in [0.3, 0.4) is 0 Å². The molecule has 3 heterocycles. The summed E-state index contributed by atoms with van der Waals surface area (Å²) in [6.07, 6.45) is 5.48. The molecule has 0 saturated carbocycles. The number of aromatic nitrogens is 1. The maximum absolute atomic E-state index is 6.27. The van der Waals surface area contributed by atoms with Crippen molar-refractivity contribution in [2.45, 2.75) is 39.3 Å². The van der Waals surface area contributed by atoms with Crippen LogP contribution in [0.25, 0.3) is 0 Å². The number of aryl methyl sites for hydroxylation is 1. The number of nitrogens with one attached hydrogen (secondary N) is 1. The van der Waals surface area contributed by atoms with Crippen LogP contribution >= 0.6 is 11.9 Å². The van der Waals surface area contributed by atoms with E-state index in [2.05, 4.69) is 21.3 Å². The van der Waals surface area contributed by atoms with Gasteiger partial charge in [-0.3, -0.25) is 4.98 Å². The average Bonchev–Trinajstić information content (AvgIpc) is 2.97. The number of amidine groups is 1. The summed E-state index contributed by atoms with van der Waals surface area (Å²) in [4.78, 5) is 4.59. The molecule has 1 aliphatic carbocycles. The van der Waals surface area contributed by atoms with E-state index in [0.717, 1.165) is 59.0 Å². The second kappa shape index (κ2) is 8.61. The van der Waals surface area contributed by atoms with Crippen LogP contribution in [-0.4, -0.2) is 52.8 Å². The summed E-state index contributed by atoms with van der Waals surface area (Å²) in [5.74, 6) is 2.08. The third kappa shape index (κ3) is 3.75. The van der Waals surface area contributed by atoms with Gasteiger partial charge < -0.3 is 15.8 Å². The van der Waals surface area contributed by atoms with Crippen molar-refractivity contribution in [1.82, 2.24) is 15.4 Å². The predicted molar refractivity (Wildman–Crippen MR) is 123 cm³/mol. The predicted octanol–water partition coefficient (Wildman–Crippen LogP) is 2.49. The van der Waals surface area contributed by atoms with Gasteiger partial charge in [0.2, 0.25) is 0 Å². The Morgan fingerprint density at radius 1 is 1.40 bits per heavy atom.